The van der Waals surface area contributed by atoms with Crippen molar-refractivity contribution in [2.24, 2.45) is 5.92 Å². The molecule has 0 N–H and O–H groups in total. The van der Waals surface area contributed by atoms with Crippen LogP contribution in [0.4, 0.5) is 10.3 Å². The Labute approximate surface area is 139 Å². The van der Waals surface area contributed by atoms with Crippen molar-refractivity contribution in [3.05, 3.63) is 48.3 Å². The zero-order valence-electron chi connectivity index (χ0n) is 13.3. The van der Waals surface area contributed by atoms with Crippen LogP contribution in [0, 0.1) is 11.7 Å². The van der Waals surface area contributed by atoms with Gasteiger partial charge in [0.1, 0.15) is 5.60 Å². The molecule has 4 rings (SSSR count). The predicted octanol–water partition coefficient (Wildman–Crippen LogP) is 1.82. The molecule has 0 bridgehead atoms. The zero-order chi connectivity index (χ0) is 16.4. The number of hydrogen-bond donors (Lipinski definition) is 0. The molecule has 2 aliphatic rings. The second kappa shape index (κ2) is 6.41. The molecule has 7 heteroatoms. The molecule has 2 aromatic rings. The van der Waals surface area contributed by atoms with Gasteiger partial charge in [-0.2, -0.15) is 0 Å². The van der Waals surface area contributed by atoms with E-state index in [0.717, 1.165) is 31.7 Å². The topological polar surface area (TPSA) is 60.4 Å². The van der Waals surface area contributed by atoms with E-state index in [1.807, 2.05) is 17.0 Å². The fourth-order valence-corrected chi connectivity index (χ4v) is 3.38. The van der Waals surface area contributed by atoms with Crippen LogP contribution >= 0.6 is 0 Å². The van der Waals surface area contributed by atoms with Gasteiger partial charge in [0, 0.05) is 24.9 Å². The van der Waals surface area contributed by atoms with E-state index in [4.69, 9.17) is 9.47 Å². The summed E-state index contributed by atoms with van der Waals surface area (Å²) in [6.45, 7) is 3.45. The molecule has 0 aromatic carbocycles. The third-order valence-electron chi connectivity index (χ3n) is 4.74. The number of rotatable bonds is 5. The largest absolute Gasteiger partial charge is 0.376 e. The molecule has 0 saturated carbocycles. The second-order valence-electron chi connectivity index (χ2n) is 6.33. The molecule has 2 aliphatic heterocycles. The summed E-state index contributed by atoms with van der Waals surface area (Å²) >= 11 is 0. The van der Waals surface area contributed by atoms with E-state index in [0.29, 0.717) is 25.1 Å². The molecule has 4 heterocycles. The summed E-state index contributed by atoms with van der Waals surface area (Å²) in [5, 5.41) is 0. The van der Waals surface area contributed by atoms with Crippen LogP contribution in [-0.4, -0.2) is 46.9 Å². The van der Waals surface area contributed by atoms with Gasteiger partial charge in [-0.3, -0.25) is 4.98 Å². The second-order valence-corrected chi connectivity index (χ2v) is 6.33. The standard InChI is InChI=1S/C17H19FN4O2/c18-15-7-20-16(21-8-15)22-11-17(12-22)14(3-6-24-17)10-23-9-13-1-4-19-5-2-13/h1-2,4-5,7-8,14H,3,6,9-12H2/t14-/m1/s1. The Hall–Kier alpha value is -2.12. The summed E-state index contributed by atoms with van der Waals surface area (Å²) in [5.41, 5.74) is 0.934. The summed E-state index contributed by atoms with van der Waals surface area (Å²) in [6, 6.07) is 3.91. The number of pyridine rings is 1. The van der Waals surface area contributed by atoms with Crippen LogP contribution in [-0.2, 0) is 16.1 Å². The molecule has 126 valence electrons. The summed E-state index contributed by atoms with van der Waals surface area (Å²) in [7, 11) is 0. The van der Waals surface area contributed by atoms with Crippen LogP contribution in [0.25, 0.3) is 0 Å². The maximum Gasteiger partial charge on any atom is 0.225 e. The number of nitrogens with zero attached hydrogens (tertiary/aromatic N) is 4. The lowest BCUT2D eigenvalue weighted by molar-refractivity contribution is -0.0657. The maximum absolute atomic E-state index is 12.9. The molecule has 2 fully saturated rings. The summed E-state index contributed by atoms with van der Waals surface area (Å²) in [6.07, 6.45) is 6.92. The van der Waals surface area contributed by atoms with Gasteiger partial charge in [-0.25, -0.2) is 14.4 Å². The van der Waals surface area contributed by atoms with Gasteiger partial charge < -0.3 is 14.4 Å². The highest BCUT2D eigenvalue weighted by molar-refractivity contribution is 5.38. The van der Waals surface area contributed by atoms with Crippen molar-refractivity contribution in [2.45, 2.75) is 18.6 Å². The maximum atomic E-state index is 12.9. The quantitative estimate of drug-likeness (QED) is 0.833. The molecule has 24 heavy (non-hydrogen) atoms. The summed E-state index contributed by atoms with van der Waals surface area (Å²) < 4.78 is 24.8. The van der Waals surface area contributed by atoms with Crippen molar-refractivity contribution in [2.75, 3.05) is 31.2 Å². The van der Waals surface area contributed by atoms with Crippen molar-refractivity contribution >= 4 is 5.95 Å². The van der Waals surface area contributed by atoms with E-state index >= 15 is 0 Å². The van der Waals surface area contributed by atoms with Gasteiger partial charge in [-0.15, -0.1) is 0 Å². The number of ether oxygens (including phenoxy) is 2. The summed E-state index contributed by atoms with van der Waals surface area (Å²) in [4.78, 5) is 14.1. The number of aromatic nitrogens is 3. The molecule has 2 saturated heterocycles. The minimum absolute atomic E-state index is 0.185. The molecule has 1 atom stereocenters. The van der Waals surface area contributed by atoms with Gasteiger partial charge in [0.25, 0.3) is 0 Å². The smallest absolute Gasteiger partial charge is 0.225 e. The monoisotopic (exact) mass is 330 g/mol. The first kappa shape index (κ1) is 15.4. The van der Waals surface area contributed by atoms with Gasteiger partial charge in [0.2, 0.25) is 5.95 Å². The minimum Gasteiger partial charge on any atom is -0.376 e. The van der Waals surface area contributed by atoms with E-state index < -0.39 is 5.82 Å². The first-order chi connectivity index (χ1) is 11.8. The molecular formula is C17H19FN4O2. The first-order valence-electron chi connectivity index (χ1n) is 8.08. The SMILES string of the molecule is Fc1cnc(N2CC3(C2)OCC[C@@H]3COCc2ccncc2)nc1. The van der Waals surface area contributed by atoms with Gasteiger partial charge in [0.15, 0.2) is 5.82 Å². The molecule has 1 spiro atoms. The van der Waals surface area contributed by atoms with Crippen LogP contribution in [0.5, 0.6) is 0 Å². The zero-order valence-corrected chi connectivity index (χ0v) is 13.3. The molecule has 2 aromatic heterocycles. The lowest BCUT2D eigenvalue weighted by Crippen LogP contribution is -2.66. The molecule has 0 radical (unpaired) electrons. The lowest BCUT2D eigenvalue weighted by Gasteiger charge is -2.50. The number of anilines is 1. The third kappa shape index (κ3) is 2.97. The first-order valence-corrected chi connectivity index (χ1v) is 8.08. The van der Waals surface area contributed by atoms with E-state index in [1.54, 1.807) is 12.4 Å². The Morgan fingerprint density at radius 1 is 1.25 bits per heavy atom. The Morgan fingerprint density at radius 3 is 2.75 bits per heavy atom. The average Bonchev–Trinajstić information content (AvgIpc) is 2.99. The van der Waals surface area contributed by atoms with E-state index in [2.05, 4.69) is 15.0 Å². The third-order valence-corrected chi connectivity index (χ3v) is 4.74. The summed E-state index contributed by atoms with van der Waals surface area (Å²) in [5.74, 6) is 0.485. The van der Waals surface area contributed by atoms with Crippen LogP contribution in [0.15, 0.2) is 36.9 Å². The van der Waals surface area contributed by atoms with Gasteiger partial charge in [-0.1, -0.05) is 0 Å². The Bertz CT molecular complexity index is 677. The predicted molar refractivity (Wildman–Crippen MR) is 84.9 cm³/mol. The molecule has 0 aliphatic carbocycles. The highest BCUT2D eigenvalue weighted by Crippen LogP contribution is 2.41. The van der Waals surface area contributed by atoms with Crippen LogP contribution in [0.3, 0.4) is 0 Å². The van der Waals surface area contributed by atoms with Crippen molar-refractivity contribution < 1.29 is 13.9 Å². The van der Waals surface area contributed by atoms with E-state index in [-0.39, 0.29) is 5.60 Å². The highest BCUT2D eigenvalue weighted by atomic mass is 19.1. The van der Waals surface area contributed by atoms with Crippen LogP contribution in [0.2, 0.25) is 0 Å². The Kier molecular flexibility index (Phi) is 4.12. The van der Waals surface area contributed by atoms with Crippen LogP contribution in [0.1, 0.15) is 12.0 Å². The van der Waals surface area contributed by atoms with E-state index in [9.17, 15) is 4.39 Å². The van der Waals surface area contributed by atoms with Gasteiger partial charge in [-0.05, 0) is 24.1 Å². The molecule has 0 amide bonds. The minimum atomic E-state index is -0.423. The van der Waals surface area contributed by atoms with Crippen molar-refractivity contribution in [1.82, 2.24) is 15.0 Å². The van der Waals surface area contributed by atoms with Gasteiger partial charge in [0.05, 0.1) is 38.7 Å². The molecular weight excluding hydrogens is 311 g/mol. The van der Waals surface area contributed by atoms with Gasteiger partial charge >= 0.3 is 0 Å². The van der Waals surface area contributed by atoms with Crippen LogP contribution < -0.4 is 4.90 Å². The highest BCUT2D eigenvalue weighted by Gasteiger charge is 2.53. The van der Waals surface area contributed by atoms with Crippen molar-refractivity contribution in [3.8, 4) is 0 Å². The lowest BCUT2D eigenvalue weighted by atomic mass is 9.81. The Balaban J connectivity index is 1.32. The van der Waals surface area contributed by atoms with E-state index in [1.165, 1.54) is 12.4 Å². The van der Waals surface area contributed by atoms with Crippen molar-refractivity contribution in [1.29, 1.82) is 0 Å². The normalized spacial score (nSPS) is 21.9. The fraction of sp³-hybridized carbons (Fsp3) is 0.471. The van der Waals surface area contributed by atoms with Crippen molar-refractivity contribution in [3.63, 3.8) is 0 Å². The molecule has 0 unspecified atom stereocenters. The molecule has 6 nitrogen and oxygen atoms in total. The number of hydrogen-bond acceptors (Lipinski definition) is 6. The fourth-order valence-electron chi connectivity index (χ4n) is 3.38. The Morgan fingerprint density at radius 2 is 2.00 bits per heavy atom. The average molecular weight is 330 g/mol. The number of halogens is 1.